The Hall–Kier alpha value is -0.770. The molecule has 2 amide bonds. The molecule has 2 N–H and O–H groups in total. The average Bonchev–Trinajstić information content (AvgIpc) is 2.10. The molecule has 0 aromatic rings. The second-order valence-electron chi connectivity index (χ2n) is 3.87. The first-order chi connectivity index (χ1) is 6.02. The largest absolute Gasteiger partial charge is 0.328 e. The van der Waals surface area contributed by atoms with Crippen molar-refractivity contribution in [2.75, 3.05) is 26.7 Å². The minimum atomic E-state index is -0.121. The van der Waals surface area contributed by atoms with Gasteiger partial charge in [0.2, 0.25) is 0 Å². The first-order valence-corrected chi connectivity index (χ1v) is 4.81. The van der Waals surface area contributed by atoms with Crippen LogP contribution in [0, 0.1) is 0 Å². The van der Waals surface area contributed by atoms with Gasteiger partial charge in [0.25, 0.3) is 0 Å². The lowest BCUT2D eigenvalue weighted by molar-refractivity contribution is 0.0752. The molecule has 1 fully saturated rings. The van der Waals surface area contributed by atoms with Gasteiger partial charge in [0.1, 0.15) is 0 Å². The Balaban J connectivity index is 2.39. The lowest BCUT2D eigenvalue weighted by Gasteiger charge is -2.48. The van der Waals surface area contributed by atoms with E-state index in [1.807, 2.05) is 14.0 Å². The zero-order valence-electron chi connectivity index (χ0n) is 8.71. The normalized spacial score (nSPS) is 19.5. The van der Waals surface area contributed by atoms with Gasteiger partial charge in [-0.15, -0.1) is 0 Å². The monoisotopic (exact) mass is 185 g/mol. The van der Waals surface area contributed by atoms with Gasteiger partial charge in [-0.1, -0.05) is 6.92 Å². The van der Waals surface area contributed by atoms with E-state index in [0.717, 1.165) is 13.0 Å². The predicted molar refractivity (Wildman–Crippen MR) is 52.5 cm³/mol. The number of amides is 2. The molecule has 1 aliphatic rings. The molecule has 0 spiro atoms. The van der Waals surface area contributed by atoms with E-state index in [9.17, 15) is 4.79 Å². The van der Waals surface area contributed by atoms with Gasteiger partial charge in [0, 0.05) is 26.7 Å². The van der Waals surface area contributed by atoms with Crippen molar-refractivity contribution >= 4 is 6.03 Å². The highest BCUT2D eigenvalue weighted by atomic mass is 16.2. The van der Waals surface area contributed by atoms with Crippen molar-refractivity contribution in [3.63, 3.8) is 0 Å². The summed E-state index contributed by atoms with van der Waals surface area (Å²) in [6.07, 6.45) is 0.937. The maximum atomic E-state index is 11.6. The molecule has 0 bridgehead atoms. The third-order valence-corrected chi connectivity index (χ3v) is 2.79. The topological polar surface area (TPSA) is 49.6 Å². The van der Waals surface area contributed by atoms with E-state index in [-0.39, 0.29) is 11.6 Å². The Labute approximate surface area is 79.7 Å². The first-order valence-electron chi connectivity index (χ1n) is 4.81. The Morgan fingerprint density at radius 2 is 2.08 bits per heavy atom. The highest BCUT2D eigenvalue weighted by Gasteiger charge is 2.41. The first kappa shape index (κ1) is 10.3. The second-order valence-corrected chi connectivity index (χ2v) is 3.87. The number of urea groups is 1. The van der Waals surface area contributed by atoms with Crippen LogP contribution in [0.5, 0.6) is 0 Å². The van der Waals surface area contributed by atoms with Crippen LogP contribution in [-0.2, 0) is 0 Å². The van der Waals surface area contributed by atoms with E-state index < -0.39 is 0 Å². The number of hydrogen-bond donors (Lipinski definition) is 1. The summed E-state index contributed by atoms with van der Waals surface area (Å²) in [4.78, 5) is 15.1. The molecule has 1 aliphatic heterocycles. The maximum absolute atomic E-state index is 11.6. The standard InChI is InChI=1S/C9H19N3O/c1-4-9(10)6-12(7-9)8(13)11(3)5-2/h4-7,10H2,1-3H3. The number of nitrogens with two attached hydrogens (primary N) is 1. The van der Waals surface area contributed by atoms with Crippen LogP contribution in [0.15, 0.2) is 0 Å². The van der Waals surface area contributed by atoms with E-state index in [0.29, 0.717) is 13.1 Å². The van der Waals surface area contributed by atoms with Gasteiger partial charge in [-0.3, -0.25) is 0 Å². The highest BCUT2D eigenvalue weighted by molar-refractivity contribution is 5.75. The number of likely N-dealkylation sites (tertiary alicyclic amines) is 1. The summed E-state index contributed by atoms with van der Waals surface area (Å²) < 4.78 is 0. The lowest BCUT2D eigenvalue weighted by atomic mass is 9.89. The van der Waals surface area contributed by atoms with Crippen LogP contribution in [0.25, 0.3) is 0 Å². The molecule has 13 heavy (non-hydrogen) atoms. The van der Waals surface area contributed by atoms with Crippen molar-refractivity contribution in [2.24, 2.45) is 5.73 Å². The fraction of sp³-hybridized carbons (Fsp3) is 0.889. The van der Waals surface area contributed by atoms with Crippen molar-refractivity contribution < 1.29 is 4.79 Å². The third kappa shape index (κ3) is 1.94. The van der Waals surface area contributed by atoms with Gasteiger partial charge in [-0.2, -0.15) is 0 Å². The molecule has 1 saturated heterocycles. The molecule has 0 aromatic carbocycles. The zero-order chi connectivity index (χ0) is 10.1. The predicted octanol–water partition coefficient (Wildman–Crippen LogP) is 0.481. The number of carbonyl (C=O) groups excluding carboxylic acids is 1. The zero-order valence-corrected chi connectivity index (χ0v) is 8.71. The van der Waals surface area contributed by atoms with Crippen LogP contribution in [0.3, 0.4) is 0 Å². The number of nitrogens with zero attached hydrogens (tertiary/aromatic N) is 2. The smallest absolute Gasteiger partial charge is 0.319 e. The average molecular weight is 185 g/mol. The number of carbonyl (C=O) groups is 1. The Morgan fingerprint density at radius 3 is 2.46 bits per heavy atom. The summed E-state index contributed by atoms with van der Waals surface area (Å²) in [5.74, 6) is 0. The van der Waals surface area contributed by atoms with Crippen LogP contribution in [0.2, 0.25) is 0 Å². The summed E-state index contributed by atoms with van der Waals surface area (Å²) >= 11 is 0. The van der Waals surface area contributed by atoms with Crippen LogP contribution < -0.4 is 5.73 Å². The molecular formula is C9H19N3O. The Morgan fingerprint density at radius 1 is 1.54 bits per heavy atom. The lowest BCUT2D eigenvalue weighted by Crippen LogP contribution is -2.69. The van der Waals surface area contributed by atoms with Gasteiger partial charge in [-0.25, -0.2) is 4.79 Å². The van der Waals surface area contributed by atoms with Crippen LogP contribution >= 0.6 is 0 Å². The van der Waals surface area contributed by atoms with Gasteiger partial charge in [0.15, 0.2) is 0 Å². The molecular weight excluding hydrogens is 166 g/mol. The van der Waals surface area contributed by atoms with Crippen LogP contribution in [0.4, 0.5) is 4.79 Å². The summed E-state index contributed by atoms with van der Waals surface area (Å²) in [6, 6.07) is 0.0945. The minimum absolute atomic E-state index is 0.0945. The maximum Gasteiger partial charge on any atom is 0.319 e. The molecule has 0 aromatic heterocycles. The summed E-state index contributed by atoms with van der Waals surface area (Å²) in [5, 5.41) is 0. The van der Waals surface area contributed by atoms with Crippen molar-refractivity contribution in [1.29, 1.82) is 0 Å². The molecule has 0 unspecified atom stereocenters. The Kier molecular flexibility index (Phi) is 2.81. The molecule has 1 heterocycles. The van der Waals surface area contributed by atoms with Gasteiger partial charge >= 0.3 is 6.03 Å². The van der Waals surface area contributed by atoms with Crippen molar-refractivity contribution in [3.8, 4) is 0 Å². The summed E-state index contributed by atoms with van der Waals surface area (Å²) in [5.41, 5.74) is 5.84. The molecule has 0 radical (unpaired) electrons. The fourth-order valence-corrected chi connectivity index (χ4v) is 1.45. The van der Waals surface area contributed by atoms with E-state index in [1.54, 1.807) is 9.80 Å². The third-order valence-electron chi connectivity index (χ3n) is 2.79. The van der Waals surface area contributed by atoms with Crippen LogP contribution in [0.1, 0.15) is 20.3 Å². The van der Waals surface area contributed by atoms with Crippen molar-refractivity contribution in [2.45, 2.75) is 25.8 Å². The second kappa shape index (κ2) is 3.54. The molecule has 0 saturated carbocycles. The quantitative estimate of drug-likeness (QED) is 0.680. The van der Waals surface area contributed by atoms with E-state index in [4.69, 9.17) is 5.73 Å². The number of rotatable bonds is 2. The summed E-state index contributed by atoms with van der Waals surface area (Å²) in [7, 11) is 1.81. The number of hydrogen-bond acceptors (Lipinski definition) is 2. The molecule has 4 heteroatoms. The van der Waals surface area contributed by atoms with Crippen LogP contribution in [-0.4, -0.2) is 48.1 Å². The molecule has 4 nitrogen and oxygen atoms in total. The molecule has 0 aliphatic carbocycles. The van der Waals surface area contributed by atoms with Gasteiger partial charge in [-0.05, 0) is 13.3 Å². The Bertz CT molecular complexity index is 199. The fourth-order valence-electron chi connectivity index (χ4n) is 1.45. The van der Waals surface area contributed by atoms with Crippen molar-refractivity contribution in [1.82, 2.24) is 9.80 Å². The van der Waals surface area contributed by atoms with E-state index in [2.05, 4.69) is 6.92 Å². The molecule has 1 rings (SSSR count). The molecule has 0 atom stereocenters. The van der Waals surface area contributed by atoms with E-state index in [1.165, 1.54) is 0 Å². The van der Waals surface area contributed by atoms with E-state index >= 15 is 0 Å². The molecule has 76 valence electrons. The summed E-state index contributed by atoms with van der Waals surface area (Å²) in [6.45, 7) is 6.18. The minimum Gasteiger partial charge on any atom is -0.328 e. The van der Waals surface area contributed by atoms with Crippen molar-refractivity contribution in [3.05, 3.63) is 0 Å². The highest BCUT2D eigenvalue weighted by Crippen LogP contribution is 2.22. The van der Waals surface area contributed by atoms with Gasteiger partial charge < -0.3 is 15.5 Å². The SMILES string of the molecule is CCN(C)C(=O)N1CC(N)(CC)C1. The van der Waals surface area contributed by atoms with Gasteiger partial charge in [0.05, 0.1) is 5.54 Å².